The van der Waals surface area contributed by atoms with Crippen molar-refractivity contribution >= 4 is 5.97 Å². The molecule has 1 aliphatic rings. The molecule has 2 rings (SSSR count). The highest BCUT2D eigenvalue weighted by atomic mass is 16.5. The summed E-state index contributed by atoms with van der Waals surface area (Å²) in [6.45, 7) is 5.69. The average molecular weight is 277 g/mol. The lowest BCUT2D eigenvalue weighted by atomic mass is 9.74. The Hall–Kier alpha value is -1.55. The van der Waals surface area contributed by atoms with Gasteiger partial charge in [-0.1, -0.05) is 32.0 Å². The van der Waals surface area contributed by atoms with Crippen LogP contribution in [0.2, 0.25) is 0 Å². The fourth-order valence-electron chi connectivity index (χ4n) is 2.83. The Balaban J connectivity index is 2.44. The maximum Gasteiger partial charge on any atom is 0.307 e. The third-order valence-electron chi connectivity index (χ3n) is 4.04. The summed E-state index contributed by atoms with van der Waals surface area (Å²) in [6.07, 6.45) is 1.34. The standard InChI is InChI=1S/C16H23NO3/c1-4-9-17-16(10-15(18)19-3)12(2)11-20-14-8-6-5-7-13(14)16/h5-8,12,17H,4,9-11H2,1-3H3. The number of fused-ring (bicyclic) bond motifs is 1. The Labute approximate surface area is 120 Å². The van der Waals surface area contributed by atoms with E-state index in [2.05, 4.69) is 19.2 Å². The van der Waals surface area contributed by atoms with Gasteiger partial charge in [0, 0.05) is 11.5 Å². The van der Waals surface area contributed by atoms with Gasteiger partial charge in [-0.2, -0.15) is 0 Å². The Kier molecular flexibility index (Phi) is 4.65. The molecule has 20 heavy (non-hydrogen) atoms. The first kappa shape index (κ1) is 14.9. The van der Waals surface area contributed by atoms with E-state index in [1.807, 2.05) is 24.3 Å². The molecule has 1 heterocycles. The van der Waals surface area contributed by atoms with E-state index in [1.165, 1.54) is 7.11 Å². The summed E-state index contributed by atoms with van der Waals surface area (Å²) in [5.74, 6) is 0.860. The van der Waals surface area contributed by atoms with Gasteiger partial charge in [0.2, 0.25) is 0 Å². The molecule has 2 atom stereocenters. The minimum Gasteiger partial charge on any atom is -0.493 e. The Morgan fingerprint density at radius 2 is 2.25 bits per heavy atom. The van der Waals surface area contributed by atoms with Crippen LogP contribution < -0.4 is 10.1 Å². The highest BCUT2D eigenvalue weighted by Crippen LogP contribution is 2.42. The van der Waals surface area contributed by atoms with Gasteiger partial charge in [0.15, 0.2) is 0 Å². The molecular weight excluding hydrogens is 254 g/mol. The molecule has 110 valence electrons. The first-order valence-corrected chi connectivity index (χ1v) is 7.18. The monoisotopic (exact) mass is 277 g/mol. The minimum absolute atomic E-state index is 0.197. The predicted octanol–water partition coefficient (Wildman–Crippen LogP) is 2.47. The van der Waals surface area contributed by atoms with Crippen LogP contribution in [0.25, 0.3) is 0 Å². The summed E-state index contributed by atoms with van der Waals surface area (Å²) in [4.78, 5) is 11.9. The van der Waals surface area contributed by atoms with E-state index in [9.17, 15) is 4.79 Å². The number of para-hydroxylation sites is 1. The van der Waals surface area contributed by atoms with Crippen molar-refractivity contribution in [2.75, 3.05) is 20.3 Å². The van der Waals surface area contributed by atoms with Gasteiger partial charge in [-0.05, 0) is 19.0 Å². The van der Waals surface area contributed by atoms with Gasteiger partial charge in [-0.15, -0.1) is 0 Å². The molecule has 2 unspecified atom stereocenters. The van der Waals surface area contributed by atoms with E-state index < -0.39 is 5.54 Å². The third kappa shape index (κ3) is 2.66. The summed E-state index contributed by atoms with van der Waals surface area (Å²) >= 11 is 0. The molecule has 0 saturated heterocycles. The Morgan fingerprint density at radius 1 is 1.50 bits per heavy atom. The minimum atomic E-state index is -0.405. The van der Waals surface area contributed by atoms with E-state index in [1.54, 1.807) is 0 Å². The Bertz CT molecular complexity index is 475. The zero-order valence-electron chi connectivity index (χ0n) is 12.4. The highest BCUT2D eigenvalue weighted by Gasteiger charge is 2.44. The number of carbonyl (C=O) groups excluding carboxylic acids is 1. The zero-order valence-corrected chi connectivity index (χ0v) is 12.4. The van der Waals surface area contributed by atoms with E-state index in [4.69, 9.17) is 9.47 Å². The van der Waals surface area contributed by atoms with Gasteiger partial charge in [0.05, 0.1) is 25.7 Å². The zero-order chi connectivity index (χ0) is 14.6. The smallest absolute Gasteiger partial charge is 0.307 e. The normalized spacial score (nSPS) is 24.6. The molecule has 0 aromatic heterocycles. The van der Waals surface area contributed by atoms with Gasteiger partial charge in [0.1, 0.15) is 5.75 Å². The highest BCUT2D eigenvalue weighted by molar-refractivity contribution is 5.72. The van der Waals surface area contributed by atoms with Crippen LogP contribution in [0.3, 0.4) is 0 Å². The van der Waals surface area contributed by atoms with E-state index in [0.717, 1.165) is 24.3 Å². The third-order valence-corrected chi connectivity index (χ3v) is 4.04. The summed E-state index contributed by atoms with van der Waals surface area (Å²) in [7, 11) is 1.44. The van der Waals surface area contributed by atoms with Crippen LogP contribution in [0.5, 0.6) is 5.75 Å². The average Bonchev–Trinajstić information content (AvgIpc) is 2.48. The lowest BCUT2D eigenvalue weighted by molar-refractivity contribution is -0.143. The predicted molar refractivity (Wildman–Crippen MR) is 77.7 cm³/mol. The molecule has 4 nitrogen and oxygen atoms in total. The maximum absolute atomic E-state index is 11.9. The fraction of sp³-hybridized carbons (Fsp3) is 0.562. The Morgan fingerprint density at radius 3 is 2.95 bits per heavy atom. The first-order valence-electron chi connectivity index (χ1n) is 7.18. The van der Waals surface area contributed by atoms with E-state index in [0.29, 0.717) is 13.0 Å². The number of methoxy groups -OCH3 is 1. The van der Waals surface area contributed by atoms with Crippen LogP contribution in [0.15, 0.2) is 24.3 Å². The summed E-state index contributed by atoms with van der Waals surface area (Å²) in [6, 6.07) is 7.94. The molecule has 0 spiro atoms. The van der Waals surface area contributed by atoms with Gasteiger partial charge in [-0.25, -0.2) is 0 Å². The quantitative estimate of drug-likeness (QED) is 0.840. The summed E-state index contributed by atoms with van der Waals surface area (Å²) in [5.41, 5.74) is 0.649. The van der Waals surface area contributed by atoms with Crippen molar-refractivity contribution in [3.63, 3.8) is 0 Å². The number of hydrogen-bond donors (Lipinski definition) is 1. The van der Waals surface area contributed by atoms with Crippen molar-refractivity contribution in [3.8, 4) is 5.75 Å². The number of hydrogen-bond acceptors (Lipinski definition) is 4. The largest absolute Gasteiger partial charge is 0.493 e. The molecular formula is C16H23NO3. The lowest BCUT2D eigenvalue weighted by Gasteiger charge is -2.44. The van der Waals surface area contributed by atoms with Crippen LogP contribution >= 0.6 is 0 Å². The van der Waals surface area contributed by atoms with Crippen molar-refractivity contribution in [1.29, 1.82) is 0 Å². The molecule has 0 saturated carbocycles. The van der Waals surface area contributed by atoms with Gasteiger partial charge in [0.25, 0.3) is 0 Å². The molecule has 4 heteroatoms. The van der Waals surface area contributed by atoms with Crippen LogP contribution in [-0.4, -0.2) is 26.2 Å². The molecule has 0 amide bonds. The van der Waals surface area contributed by atoms with E-state index >= 15 is 0 Å². The van der Waals surface area contributed by atoms with Crippen molar-refractivity contribution in [2.45, 2.75) is 32.2 Å². The molecule has 0 fully saturated rings. The number of nitrogens with one attached hydrogen (secondary N) is 1. The molecule has 0 bridgehead atoms. The number of ether oxygens (including phenoxy) is 2. The van der Waals surface area contributed by atoms with Crippen molar-refractivity contribution in [1.82, 2.24) is 5.32 Å². The van der Waals surface area contributed by atoms with Crippen LogP contribution in [0.4, 0.5) is 0 Å². The molecule has 1 aromatic carbocycles. The summed E-state index contributed by atoms with van der Waals surface area (Å²) < 4.78 is 10.7. The van der Waals surface area contributed by atoms with Gasteiger partial charge in [-0.3, -0.25) is 4.79 Å². The lowest BCUT2D eigenvalue weighted by Crippen LogP contribution is -2.53. The first-order chi connectivity index (χ1) is 9.64. The summed E-state index contributed by atoms with van der Waals surface area (Å²) in [5, 5.41) is 3.58. The molecule has 1 N–H and O–H groups in total. The maximum atomic E-state index is 11.9. The second kappa shape index (κ2) is 6.27. The fourth-order valence-corrected chi connectivity index (χ4v) is 2.83. The van der Waals surface area contributed by atoms with Crippen molar-refractivity contribution < 1.29 is 14.3 Å². The van der Waals surface area contributed by atoms with Crippen LogP contribution in [0, 0.1) is 5.92 Å². The second-order valence-electron chi connectivity index (χ2n) is 5.36. The van der Waals surface area contributed by atoms with Crippen molar-refractivity contribution in [2.24, 2.45) is 5.92 Å². The van der Waals surface area contributed by atoms with Gasteiger partial charge >= 0.3 is 5.97 Å². The molecule has 0 aliphatic carbocycles. The number of benzene rings is 1. The molecule has 0 radical (unpaired) electrons. The van der Waals surface area contributed by atoms with Crippen LogP contribution in [-0.2, 0) is 15.1 Å². The molecule has 1 aromatic rings. The van der Waals surface area contributed by atoms with Crippen LogP contribution in [0.1, 0.15) is 32.3 Å². The topological polar surface area (TPSA) is 47.6 Å². The van der Waals surface area contributed by atoms with Gasteiger partial charge < -0.3 is 14.8 Å². The second-order valence-corrected chi connectivity index (χ2v) is 5.36. The number of carbonyl (C=O) groups is 1. The SMILES string of the molecule is CCCNC1(CC(=O)OC)c2ccccc2OCC1C. The molecule has 1 aliphatic heterocycles. The number of rotatable bonds is 5. The van der Waals surface area contributed by atoms with E-state index in [-0.39, 0.29) is 11.9 Å². The van der Waals surface area contributed by atoms with Crippen molar-refractivity contribution in [3.05, 3.63) is 29.8 Å². The number of esters is 1.